The van der Waals surface area contributed by atoms with Crippen molar-refractivity contribution in [3.8, 4) is 11.3 Å². The molecule has 3 aromatic rings. The number of hydrogen-bond donors (Lipinski definition) is 1. The number of aliphatic hydroxyl groups excluding tert-OH is 1. The van der Waals surface area contributed by atoms with Crippen LogP contribution < -0.4 is 0 Å². The predicted octanol–water partition coefficient (Wildman–Crippen LogP) is 3.36. The average molecular weight is 252 g/mol. The Morgan fingerprint density at radius 2 is 1.84 bits per heavy atom. The van der Waals surface area contributed by atoms with Crippen molar-refractivity contribution in [3.63, 3.8) is 0 Å². The first-order chi connectivity index (χ1) is 9.16. The number of aryl methyl sites for hydroxylation is 1. The van der Waals surface area contributed by atoms with Crippen molar-refractivity contribution >= 4 is 5.65 Å². The zero-order valence-corrected chi connectivity index (χ0v) is 11.0. The smallest absolute Gasteiger partial charge is 0.140 e. The fourth-order valence-electron chi connectivity index (χ4n) is 2.31. The van der Waals surface area contributed by atoms with Crippen LogP contribution in [-0.2, 0) is 0 Å². The van der Waals surface area contributed by atoms with E-state index < -0.39 is 6.10 Å². The Bertz CT molecular complexity index is 714. The highest BCUT2D eigenvalue weighted by atomic mass is 16.3. The van der Waals surface area contributed by atoms with Gasteiger partial charge in [-0.1, -0.05) is 36.4 Å². The molecule has 3 heteroatoms. The van der Waals surface area contributed by atoms with Gasteiger partial charge in [-0.2, -0.15) is 0 Å². The van der Waals surface area contributed by atoms with Gasteiger partial charge in [0.2, 0.25) is 0 Å². The number of benzene rings is 1. The van der Waals surface area contributed by atoms with Crippen molar-refractivity contribution < 1.29 is 5.11 Å². The molecule has 96 valence electrons. The lowest BCUT2D eigenvalue weighted by molar-refractivity contribution is 0.193. The first-order valence-electron chi connectivity index (χ1n) is 6.39. The molecule has 0 radical (unpaired) electrons. The fraction of sp³-hybridized carbons (Fsp3) is 0.188. The minimum atomic E-state index is -0.513. The highest BCUT2D eigenvalue weighted by Crippen LogP contribution is 2.23. The van der Waals surface area contributed by atoms with Gasteiger partial charge in [-0.3, -0.25) is 0 Å². The number of nitrogens with zero attached hydrogens (tertiary/aromatic N) is 2. The maximum Gasteiger partial charge on any atom is 0.140 e. The Morgan fingerprint density at radius 1 is 1.11 bits per heavy atom. The molecular formula is C16H16N2O. The highest BCUT2D eigenvalue weighted by molar-refractivity contribution is 5.64. The molecule has 2 aromatic heterocycles. The molecule has 0 saturated heterocycles. The van der Waals surface area contributed by atoms with Gasteiger partial charge in [0.15, 0.2) is 0 Å². The summed E-state index contributed by atoms with van der Waals surface area (Å²) in [6.07, 6.45) is 1.47. The normalized spacial score (nSPS) is 12.8. The molecule has 0 saturated carbocycles. The lowest BCUT2D eigenvalue weighted by Crippen LogP contribution is -2.01. The van der Waals surface area contributed by atoms with E-state index in [0.717, 1.165) is 28.2 Å². The quantitative estimate of drug-likeness (QED) is 0.759. The van der Waals surface area contributed by atoms with E-state index in [1.807, 2.05) is 60.0 Å². The Morgan fingerprint density at radius 3 is 2.53 bits per heavy atom. The fourth-order valence-corrected chi connectivity index (χ4v) is 2.31. The number of fused-ring (bicyclic) bond motifs is 1. The molecule has 0 amide bonds. The number of rotatable bonds is 2. The number of imidazole rings is 1. The van der Waals surface area contributed by atoms with E-state index >= 15 is 0 Å². The first-order valence-corrected chi connectivity index (χ1v) is 6.39. The zero-order chi connectivity index (χ0) is 13.4. The summed E-state index contributed by atoms with van der Waals surface area (Å²) in [6.45, 7) is 3.80. The maximum absolute atomic E-state index is 9.84. The third kappa shape index (κ3) is 2.02. The van der Waals surface area contributed by atoms with Crippen molar-refractivity contribution in [1.82, 2.24) is 9.38 Å². The molecule has 0 aliphatic rings. The van der Waals surface area contributed by atoms with Gasteiger partial charge in [-0.05, 0) is 25.5 Å². The Hall–Kier alpha value is -2.13. The van der Waals surface area contributed by atoms with Crippen molar-refractivity contribution in [1.29, 1.82) is 0 Å². The van der Waals surface area contributed by atoms with Gasteiger partial charge >= 0.3 is 0 Å². The van der Waals surface area contributed by atoms with E-state index in [2.05, 4.69) is 4.98 Å². The third-order valence-corrected chi connectivity index (χ3v) is 3.34. The van der Waals surface area contributed by atoms with Crippen LogP contribution in [0.1, 0.15) is 24.3 Å². The molecule has 19 heavy (non-hydrogen) atoms. The molecule has 0 aliphatic carbocycles. The van der Waals surface area contributed by atoms with Crippen LogP contribution in [0.5, 0.6) is 0 Å². The van der Waals surface area contributed by atoms with Crippen molar-refractivity contribution in [2.24, 2.45) is 0 Å². The van der Waals surface area contributed by atoms with Crippen molar-refractivity contribution in [2.45, 2.75) is 20.0 Å². The molecule has 1 N–H and O–H groups in total. The van der Waals surface area contributed by atoms with E-state index in [-0.39, 0.29) is 0 Å². The zero-order valence-electron chi connectivity index (χ0n) is 11.0. The van der Waals surface area contributed by atoms with E-state index in [1.165, 1.54) is 0 Å². The molecule has 1 atom stereocenters. The Kier molecular flexibility index (Phi) is 2.84. The number of aliphatic hydroxyl groups is 1. The molecule has 0 aliphatic heterocycles. The topological polar surface area (TPSA) is 37.5 Å². The van der Waals surface area contributed by atoms with Crippen molar-refractivity contribution in [3.05, 3.63) is 59.9 Å². The van der Waals surface area contributed by atoms with E-state index in [0.29, 0.717) is 0 Å². The second-order valence-corrected chi connectivity index (χ2v) is 4.80. The summed E-state index contributed by atoms with van der Waals surface area (Å²) in [5, 5.41) is 9.84. The van der Waals surface area contributed by atoms with E-state index in [9.17, 15) is 5.11 Å². The average Bonchev–Trinajstić information content (AvgIpc) is 2.85. The van der Waals surface area contributed by atoms with Gasteiger partial charge in [0.05, 0.1) is 17.5 Å². The Balaban J connectivity index is 2.26. The summed E-state index contributed by atoms with van der Waals surface area (Å²) in [6, 6.07) is 14.0. The molecule has 1 aromatic carbocycles. The SMILES string of the molecule is Cc1ccc([C@H](C)O)n2cc(-c3ccccc3)nc12. The minimum Gasteiger partial charge on any atom is -0.387 e. The molecule has 2 heterocycles. The lowest BCUT2D eigenvalue weighted by Gasteiger charge is -2.08. The summed E-state index contributed by atoms with van der Waals surface area (Å²) in [5.74, 6) is 0. The Labute approximate surface area is 112 Å². The number of pyridine rings is 1. The van der Waals surface area contributed by atoms with Crippen molar-refractivity contribution in [2.75, 3.05) is 0 Å². The summed E-state index contributed by atoms with van der Waals surface area (Å²) >= 11 is 0. The second-order valence-electron chi connectivity index (χ2n) is 4.80. The summed E-state index contributed by atoms with van der Waals surface area (Å²) < 4.78 is 1.97. The molecule has 0 spiro atoms. The van der Waals surface area contributed by atoms with Gasteiger partial charge in [0, 0.05) is 11.8 Å². The van der Waals surface area contributed by atoms with Crippen LogP contribution in [0.4, 0.5) is 0 Å². The monoisotopic (exact) mass is 252 g/mol. The van der Waals surface area contributed by atoms with Gasteiger partial charge in [0.25, 0.3) is 0 Å². The molecule has 0 unspecified atom stereocenters. The highest BCUT2D eigenvalue weighted by Gasteiger charge is 2.11. The molecular weight excluding hydrogens is 236 g/mol. The number of aromatic nitrogens is 2. The lowest BCUT2D eigenvalue weighted by atomic mass is 10.2. The van der Waals surface area contributed by atoms with Crippen LogP contribution in [-0.4, -0.2) is 14.5 Å². The molecule has 3 rings (SSSR count). The standard InChI is InChI=1S/C16H16N2O/c1-11-8-9-15(12(2)19)18-10-14(17-16(11)18)13-6-4-3-5-7-13/h3-10,12,19H,1-2H3/t12-/m0/s1. The van der Waals surface area contributed by atoms with Crippen LogP contribution in [0.2, 0.25) is 0 Å². The summed E-state index contributed by atoms with van der Waals surface area (Å²) in [7, 11) is 0. The van der Waals surface area contributed by atoms with E-state index in [4.69, 9.17) is 0 Å². The van der Waals surface area contributed by atoms with Gasteiger partial charge in [-0.25, -0.2) is 4.98 Å². The molecule has 0 bridgehead atoms. The maximum atomic E-state index is 9.84. The summed E-state index contributed by atoms with van der Waals surface area (Å²) in [5.41, 5.74) is 4.87. The van der Waals surface area contributed by atoms with Crippen LogP contribution in [0.25, 0.3) is 16.9 Å². The minimum absolute atomic E-state index is 0.513. The number of hydrogen-bond acceptors (Lipinski definition) is 2. The molecule has 3 nitrogen and oxygen atoms in total. The van der Waals surface area contributed by atoms with Gasteiger partial charge in [-0.15, -0.1) is 0 Å². The van der Waals surface area contributed by atoms with Crippen LogP contribution in [0.3, 0.4) is 0 Å². The predicted molar refractivity (Wildman–Crippen MR) is 76.0 cm³/mol. The van der Waals surface area contributed by atoms with Gasteiger partial charge < -0.3 is 9.51 Å². The van der Waals surface area contributed by atoms with Crippen LogP contribution in [0, 0.1) is 6.92 Å². The first kappa shape index (κ1) is 11.9. The molecule has 0 fully saturated rings. The van der Waals surface area contributed by atoms with Crippen LogP contribution >= 0.6 is 0 Å². The third-order valence-electron chi connectivity index (χ3n) is 3.34. The van der Waals surface area contributed by atoms with Gasteiger partial charge in [0.1, 0.15) is 5.65 Å². The second kappa shape index (κ2) is 4.52. The van der Waals surface area contributed by atoms with Crippen LogP contribution in [0.15, 0.2) is 48.7 Å². The summed E-state index contributed by atoms with van der Waals surface area (Å²) in [4.78, 5) is 4.68. The van der Waals surface area contributed by atoms with E-state index in [1.54, 1.807) is 6.92 Å². The largest absolute Gasteiger partial charge is 0.387 e.